The van der Waals surface area contributed by atoms with Gasteiger partial charge in [0.05, 0.1) is 11.0 Å². The van der Waals surface area contributed by atoms with Crippen LogP contribution in [-0.4, -0.2) is 61.0 Å². The third kappa shape index (κ3) is 3.81. The molecule has 0 bridgehead atoms. The zero-order chi connectivity index (χ0) is 21.1. The smallest absolute Gasteiger partial charge is 0.256 e. The summed E-state index contributed by atoms with van der Waals surface area (Å²) >= 11 is 0. The van der Waals surface area contributed by atoms with Crippen LogP contribution in [0.4, 0.5) is 8.78 Å². The first-order valence-corrected chi connectivity index (χ1v) is 10.2. The fraction of sp³-hybridized carbons (Fsp3) is 0.391. The molecule has 158 valence electrons. The highest BCUT2D eigenvalue weighted by Crippen LogP contribution is 2.37. The van der Waals surface area contributed by atoms with E-state index in [1.165, 1.54) is 24.3 Å². The minimum absolute atomic E-state index is 0.0181. The highest BCUT2D eigenvalue weighted by atomic mass is 19.1. The standard InChI is InChI=1S/C23H24F2N2O3/c24-18-7-5-17(6-8-18)23(9-15-30-16-10-23)22(29)27-13-11-26(12-14-27)21(28)19-3-1-2-4-20(19)25/h1-8H,9-16H2. The first-order chi connectivity index (χ1) is 14.5. The van der Waals surface area contributed by atoms with E-state index in [0.29, 0.717) is 52.2 Å². The van der Waals surface area contributed by atoms with Crippen molar-refractivity contribution in [1.29, 1.82) is 0 Å². The number of benzene rings is 2. The van der Waals surface area contributed by atoms with E-state index in [9.17, 15) is 18.4 Å². The number of hydrogen-bond donors (Lipinski definition) is 0. The van der Waals surface area contributed by atoms with E-state index >= 15 is 0 Å². The van der Waals surface area contributed by atoms with Crippen LogP contribution in [0.2, 0.25) is 0 Å². The fourth-order valence-electron chi connectivity index (χ4n) is 4.34. The van der Waals surface area contributed by atoms with Gasteiger partial charge in [0.1, 0.15) is 11.6 Å². The first kappa shape index (κ1) is 20.5. The van der Waals surface area contributed by atoms with Crippen LogP contribution in [0.5, 0.6) is 0 Å². The topological polar surface area (TPSA) is 49.9 Å². The van der Waals surface area contributed by atoms with E-state index < -0.39 is 11.2 Å². The lowest BCUT2D eigenvalue weighted by Crippen LogP contribution is -2.56. The quantitative estimate of drug-likeness (QED) is 0.776. The molecule has 0 unspecified atom stereocenters. The highest BCUT2D eigenvalue weighted by molar-refractivity contribution is 5.95. The van der Waals surface area contributed by atoms with Gasteiger partial charge in [-0.05, 0) is 42.7 Å². The average molecular weight is 414 g/mol. The molecule has 2 fully saturated rings. The lowest BCUT2D eigenvalue weighted by atomic mass is 9.73. The summed E-state index contributed by atoms with van der Waals surface area (Å²) < 4.78 is 32.9. The van der Waals surface area contributed by atoms with Gasteiger partial charge in [-0.3, -0.25) is 9.59 Å². The fourth-order valence-corrected chi connectivity index (χ4v) is 4.34. The van der Waals surface area contributed by atoms with Gasteiger partial charge in [-0.1, -0.05) is 24.3 Å². The summed E-state index contributed by atoms with van der Waals surface area (Å²) in [5, 5.41) is 0. The Kier molecular flexibility index (Phi) is 5.81. The van der Waals surface area contributed by atoms with E-state index in [1.807, 2.05) is 0 Å². The molecule has 0 radical (unpaired) electrons. The van der Waals surface area contributed by atoms with Crippen molar-refractivity contribution in [1.82, 2.24) is 9.80 Å². The monoisotopic (exact) mass is 414 g/mol. The van der Waals surface area contributed by atoms with E-state index in [4.69, 9.17) is 4.74 Å². The number of carbonyl (C=O) groups is 2. The summed E-state index contributed by atoms with van der Waals surface area (Å²) in [5.74, 6) is -1.26. The Bertz CT molecular complexity index is 918. The Morgan fingerprint density at radius 2 is 1.43 bits per heavy atom. The molecule has 0 spiro atoms. The molecule has 2 aliphatic rings. The maximum absolute atomic E-state index is 14.0. The molecule has 5 nitrogen and oxygen atoms in total. The largest absolute Gasteiger partial charge is 0.381 e. The lowest BCUT2D eigenvalue weighted by molar-refractivity contribution is -0.142. The van der Waals surface area contributed by atoms with Gasteiger partial charge in [0, 0.05) is 39.4 Å². The number of ether oxygens (including phenoxy) is 1. The SMILES string of the molecule is O=C(c1ccccc1F)N1CCN(C(=O)C2(c3ccc(F)cc3)CCOCC2)CC1. The maximum Gasteiger partial charge on any atom is 0.256 e. The molecule has 0 saturated carbocycles. The third-order valence-corrected chi connectivity index (χ3v) is 6.11. The minimum Gasteiger partial charge on any atom is -0.381 e. The zero-order valence-electron chi connectivity index (χ0n) is 16.7. The van der Waals surface area contributed by atoms with Crippen molar-refractivity contribution in [2.75, 3.05) is 39.4 Å². The van der Waals surface area contributed by atoms with Crippen molar-refractivity contribution in [2.24, 2.45) is 0 Å². The van der Waals surface area contributed by atoms with Gasteiger partial charge in [0.25, 0.3) is 5.91 Å². The second-order valence-electron chi connectivity index (χ2n) is 7.77. The normalized spacial score (nSPS) is 18.9. The molecular formula is C23H24F2N2O3. The van der Waals surface area contributed by atoms with Crippen LogP contribution in [0, 0.1) is 11.6 Å². The Hall–Kier alpha value is -2.80. The maximum atomic E-state index is 14.0. The molecule has 4 rings (SSSR count). The molecule has 2 saturated heterocycles. The Labute approximate surface area is 174 Å². The number of halogens is 2. The summed E-state index contributed by atoms with van der Waals surface area (Å²) in [5.41, 5.74) is 0.0930. The van der Waals surface area contributed by atoms with Crippen molar-refractivity contribution in [3.8, 4) is 0 Å². The molecule has 2 heterocycles. The molecule has 0 aromatic heterocycles. The molecule has 2 aromatic carbocycles. The zero-order valence-corrected chi connectivity index (χ0v) is 16.7. The molecule has 0 atom stereocenters. The van der Waals surface area contributed by atoms with Crippen LogP contribution in [0.1, 0.15) is 28.8 Å². The average Bonchev–Trinajstić information content (AvgIpc) is 2.79. The van der Waals surface area contributed by atoms with Crippen LogP contribution in [-0.2, 0) is 14.9 Å². The van der Waals surface area contributed by atoms with Crippen LogP contribution < -0.4 is 0 Å². The van der Waals surface area contributed by atoms with Crippen LogP contribution in [0.25, 0.3) is 0 Å². The molecule has 30 heavy (non-hydrogen) atoms. The summed E-state index contributed by atoms with van der Waals surface area (Å²) in [6, 6.07) is 12.0. The Balaban J connectivity index is 1.49. The van der Waals surface area contributed by atoms with Gasteiger partial charge < -0.3 is 14.5 Å². The van der Waals surface area contributed by atoms with E-state index in [1.54, 1.807) is 34.1 Å². The minimum atomic E-state index is -0.746. The second-order valence-corrected chi connectivity index (χ2v) is 7.77. The summed E-state index contributed by atoms with van der Waals surface area (Å²) in [6.07, 6.45) is 1.07. The summed E-state index contributed by atoms with van der Waals surface area (Å²) in [6.45, 7) is 2.37. The van der Waals surface area contributed by atoms with Crippen molar-refractivity contribution in [3.63, 3.8) is 0 Å². The molecule has 0 aliphatic carbocycles. The van der Waals surface area contributed by atoms with Crippen molar-refractivity contribution in [2.45, 2.75) is 18.3 Å². The Morgan fingerprint density at radius 1 is 0.833 bits per heavy atom. The molecule has 2 aliphatic heterocycles. The number of hydrogen-bond acceptors (Lipinski definition) is 3. The summed E-state index contributed by atoms with van der Waals surface area (Å²) in [4.78, 5) is 29.6. The van der Waals surface area contributed by atoms with Gasteiger partial charge in [0.15, 0.2) is 0 Å². The van der Waals surface area contributed by atoms with Crippen molar-refractivity contribution < 1.29 is 23.1 Å². The summed E-state index contributed by atoms with van der Waals surface area (Å²) in [7, 11) is 0. The molecule has 2 amide bonds. The van der Waals surface area contributed by atoms with Crippen molar-refractivity contribution >= 4 is 11.8 Å². The van der Waals surface area contributed by atoms with Crippen LogP contribution >= 0.6 is 0 Å². The second kappa shape index (κ2) is 8.52. The van der Waals surface area contributed by atoms with Gasteiger partial charge in [-0.2, -0.15) is 0 Å². The highest BCUT2D eigenvalue weighted by Gasteiger charge is 2.44. The van der Waals surface area contributed by atoms with E-state index in [0.717, 1.165) is 5.56 Å². The molecule has 7 heteroatoms. The Morgan fingerprint density at radius 3 is 2.07 bits per heavy atom. The number of piperazine rings is 1. The predicted octanol–water partition coefficient (Wildman–Crippen LogP) is 3.00. The predicted molar refractivity (Wildman–Crippen MR) is 107 cm³/mol. The number of rotatable bonds is 3. The van der Waals surface area contributed by atoms with Gasteiger partial charge >= 0.3 is 0 Å². The lowest BCUT2D eigenvalue weighted by Gasteiger charge is -2.43. The molecule has 2 aromatic rings. The number of amides is 2. The van der Waals surface area contributed by atoms with Gasteiger partial charge in [0.2, 0.25) is 5.91 Å². The first-order valence-electron chi connectivity index (χ1n) is 10.2. The van der Waals surface area contributed by atoms with E-state index in [2.05, 4.69) is 0 Å². The van der Waals surface area contributed by atoms with Crippen LogP contribution in [0.15, 0.2) is 48.5 Å². The molecular weight excluding hydrogens is 390 g/mol. The molecule has 0 N–H and O–H groups in total. The number of nitrogens with zero attached hydrogens (tertiary/aromatic N) is 2. The third-order valence-electron chi connectivity index (χ3n) is 6.11. The van der Waals surface area contributed by atoms with Crippen molar-refractivity contribution in [3.05, 3.63) is 71.3 Å². The number of carbonyl (C=O) groups excluding carboxylic acids is 2. The van der Waals surface area contributed by atoms with Gasteiger partial charge in [-0.15, -0.1) is 0 Å². The van der Waals surface area contributed by atoms with Gasteiger partial charge in [-0.25, -0.2) is 8.78 Å². The van der Waals surface area contributed by atoms with Crippen LogP contribution in [0.3, 0.4) is 0 Å². The van der Waals surface area contributed by atoms with E-state index in [-0.39, 0.29) is 23.2 Å².